The number of nitrogens with one attached hydrogen (secondary N) is 5. The van der Waals surface area contributed by atoms with Crippen LogP contribution in [0.3, 0.4) is 0 Å². The maximum absolute atomic E-state index is 12.9. The van der Waals surface area contributed by atoms with Crippen molar-refractivity contribution in [3.05, 3.63) is 0 Å². The highest BCUT2D eigenvalue weighted by Crippen LogP contribution is 2.15. The molecule has 0 aliphatic rings. The molecular weight excluding hydrogens is 660 g/mol. The molecule has 0 rings (SSSR count). The Morgan fingerprint density at radius 1 is 0.510 bits per heavy atom. The number of hydrogen-bond acceptors (Lipinski definition) is 12. The Balaban J connectivity index is 4.21. The summed E-state index contributed by atoms with van der Waals surface area (Å²) in [6, 6.07) is 0. The molecule has 298 valence electrons. The third-order valence-corrected chi connectivity index (χ3v) is 8.30. The summed E-state index contributed by atoms with van der Waals surface area (Å²) >= 11 is 0. The Hall–Kier alpha value is -2.53. The van der Waals surface area contributed by atoms with Crippen molar-refractivity contribution in [2.75, 3.05) is 107 Å². The molecule has 0 aromatic carbocycles. The molecule has 7 N–H and O–H groups in total. The Kier molecular flexibility index (Phi) is 32.8. The van der Waals surface area contributed by atoms with E-state index in [1.165, 1.54) is 0 Å². The molecule has 0 saturated heterocycles. The third kappa shape index (κ3) is 29.7. The summed E-state index contributed by atoms with van der Waals surface area (Å²) in [5.41, 5.74) is 5.45. The molecule has 0 fully saturated rings. The van der Waals surface area contributed by atoms with E-state index in [4.69, 9.17) is 24.7 Å². The van der Waals surface area contributed by atoms with Crippen LogP contribution in [0.15, 0.2) is 0 Å². The lowest BCUT2D eigenvalue weighted by Gasteiger charge is -2.17. The third-order valence-electron chi connectivity index (χ3n) is 8.30. The van der Waals surface area contributed by atoms with Gasteiger partial charge in [-0.25, -0.2) is 0 Å². The number of unbranched alkanes of at least 4 members (excludes halogenated alkanes) is 3. The quantitative estimate of drug-likeness (QED) is 0.0486. The van der Waals surface area contributed by atoms with Crippen LogP contribution in [0, 0.1) is 17.8 Å². The molecule has 0 aliphatic heterocycles. The van der Waals surface area contributed by atoms with Crippen molar-refractivity contribution in [2.45, 2.75) is 77.6 Å². The highest BCUT2D eigenvalue weighted by Gasteiger charge is 2.22. The summed E-state index contributed by atoms with van der Waals surface area (Å²) in [5, 5.41) is 15.0. The molecule has 0 spiro atoms. The van der Waals surface area contributed by atoms with Crippen molar-refractivity contribution in [2.24, 2.45) is 23.5 Å². The van der Waals surface area contributed by atoms with E-state index in [0.717, 1.165) is 64.6 Å². The molecule has 0 unspecified atom stereocenters. The maximum Gasteiger partial charge on any atom is 0.223 e. The van der Waals surface area contributed by atoms with Crippen LogP contribution in [0.4, 0.5) is 0 Å². The molecule has 0 aliphatic carbocycles. The Morgan fingerprint density at radius 2 is 0.922 bits per heavy atom. The SMILES string of the molecule is CNCCCC[C@@H](CC(=O)COCCOCCNC(=O)[C@@H](CCCCNC)CC(=O)COCCOCCNC(=O)[C@H](C)CCCCNC)C(N)=O. The lowest BCUT2D eigenvalue weighted by atomic mass is 9.95. The molecule has 51 heavy (non-hydrogen) atoms. The molecule has 0 aromatic heterocycles. The molecule has 0 heterocycles. The predicted octanol–water partition coefficient (Wildman–Crippen LogP) is 0.727. The number of nitrogens with two attached hydrogens (primary N) is 1. The molecule has 3 atom stereocenters. The average molecular weight is 731 g/mol. The lowest BCUT2D eigenvalue weighted by molar-refractivity contribution is -0.132. The van der Waals surface area contributed by atoms with Gasteiger partial charge >= 0.3 is 0 Å². The van der Waals surface area contributed by atoms with E-state index in [1.807, 2.05) is 28.1 Å². The lowest BCUT2D eigenvalue weighted by Crippen LogP contribution is -2.35. The Morgan fingerprint density at radius 3 is 1.39 bits per heavy atom. The maximum atomic E-state index is 12.9. The summed E-state index contributed by atoms with van der Waals surface area (Å²) in [6.45, 7) is 6.62. The van der Waals surface area contributed by atoms with Gasteiger partial charge in [0.1, 0.15) is 13.2 Å². The molecular formula is C36H70N6O9. The highest BCUT2D eigenvalue weighted by atomic mass is 16.5. The number of primary amides is 1. The van der Waals surface area contributed by atoms with Crippen molar-refractivity contribution in [3.63, 3.8) is 0 Å². The number of ketones is 2. The van der Waals surface area contributed by atoms with Gasteiger partial charge in [0.05, 0.1) is 39.6 Å². The fourth-order valence-electron chi connectivity index (χ4n) is 5.23. The first-order chi connectivity index (χ1) is 24.7. The molecule has 0 aromatic rings. The van der Waals surface area contributed by atoms with Crippen molar-refractivity contribution in [1.29, 1.82) is 0 Å². The first-order valence-electron chi connectivity index (χ1n) is 18.8. The van der Waals surface area contributed by atoms with Crippen LogP contribution in [0.5, 0.6) is 0 Å². The van der Waals surface area contributed by atoms with Gasteiger partial charge in [-0.3, -0.25) is 24.0 Å². The number of Topliss-reactive ketones (excluding diaryl/α,β-unsaturated/α-hetero) is 2. The number of hydrogen-bond donors (Lipinski definition) is 6. The fraction of sp³-hybridized carbons (Fsp3) is 0.861. The Bertz CT molecular complexity index is 928. The summed E-state index contributed by atoms with van der Waals surface area (Å²) in [4.78, 5) is 61.6. The molecule has 3 amide bonds. The largest absolute Gasteiger partial charge is 0.377 e. The van der Waals surface area contributed by atoms with Crippen LogP contribution in [-0.4, -0.2) is 136 Å². The predicted molar refractivity (Wildman–Crippen MR) is 197 cm³/mol. The summed E-state index contributed by atoms with van der Waals surface area (Å²) in [5.74, 6) is -1.96. The summed E-state index contributed by atoms with van der Waals surface area (Å²) in [6.07, 6.45) is 7.63. The van der Waals surface area contributed by atoms with Crippen molar-refractivity contribution < 1.29 is 42.9 Å². The number of amides is 3. The summed E-state index contributed by atoms with van der Waals surface area (Å²) < 4.78 is 21.9. The van der Waals surface area contributed by atoms with Gasteiger partial charge in [0.25, 0.3) is 0 Å². The van der Waals surface area contributed by atoms with E-state index >= 15 is 0 Å². The minimum atomic E-state index is -0.484. The van der Waals surface area contributed by atoms with Crippen molar-refractivity contribution in [3.8, 4) is 0 Å². The molecule has 15 heteroatoms. The molecule has 0 radical (unpaired) electrons. The van der Waals surface area contributed by atoms with Crippen LogP contribution in [0.2, 0.25) is 0 Å². The van der Waals surface area contributed by atoms with Gasteiger partial charge in [-0.15, -0.1) is 0 Å². The van der Waals surface area contributed by atoms with E-state index < -0.39 is 17.7 Å². The van der Waals surface area contributed by atoms with Crippen molar-refractivity contribution in [1.82, 2.24) is 26.6 Å². The number of carbonyl (C=O) groups excluding carboxylic acids is 5. The second-order valence-corrected chi connectivity index (χ2v) is 12.9. The van der Waals surface area contributed by atoms with Gasteiger partial charge in [0.2, 0.25) is 17.7 Å². The molecule has 0 saturated carbocycles. The number of carbonyl (C=O) groups is 5. The smallest absolute Gasteiger partial charge is 0.223 e. The van der Waals surface area contributed by atoms with Gasteiger partial charge in [0.15, 0.2) is 11.6 Å². The standard InChI is InChI=1S/C36H70N6O9/c1-29(11-5-8-14-38-2)35(46)41-17-19-48-21-24-51-28-33(44)26-31(13-7-10-16-40-4)36(47)42-18-20-49-22-23-50-27-32(43)25-30(34(37)45)12-6-9-15-39-3/h29-31,38-40H,5-28H2,1-4H3,(H2,37,45)(H,41,46)(H,42,47)/t29-,30+,31+/m1/s1. The Labute approximate surface area is 306 Å². The second-order valence-electron chi connectivity index (χ2n) is 12.9. The van der Waals surface area contributed by atoms with E-state index in [0.29, 0.717) is 32.6 Å². The normalized spacial score (nSPS) is 13.0. The molecule has 0 bridgehead atoms. The molecule has 15 nitrogen and oxygen atoms in total. The first-order valence-corrected chi connectivity index (χ1v) is 18.8. The van der Waals surface area contributed by atoms with Gasteiger partial charge in [-0.2, -0.15) is 0 Å². The van der Waals surface area contributed by atoms with E-state index in [1.54, 1.807) is 0 Å². The van der Waals surface area contributed by atoms with Crippen LogP contribution >= 0.6 is 0 Å². The first kappa shape index (κ1) is 48.5. The van der Waals surface area contributed by atoms with Gasteiger partial charge in [-0.05, 0) is 79.3 Å². The summed E-state index contributed by atoms with van der Waals surface area (Å²) in [7, 11) is 5.65. The van der Waals surface area contributed by atoms with E-state index in [-0.39, 0.29) is 88.3 Å². The minimum Gasteiger partial charge on any atom is -0.377 e. The average Bonchev–Trinajstić information content (AvgIpc) is 3.11. The monoisotopic (exact) mass is 731 g/mol. The van der Waals surface area contributed by atoms with Gasteiger partial charge in [-0.1, -0.05) is 26.2 Å². The number of ether oxygens (including phenoxy) is 4. The second kappa shape index (κ2) is 34.6. The van der Waals surface area contributed by atoms with Gasteiger partial charge < -0.3 is 51.3 Å². The van der Waals surface area contributed by atoms with E-state index in [2.05, 4.69) is 26.6 Å². The minimum absolute atomic E-state index is 0.0247. The van der Waals surface area contributed by atoms with E-state index in [9.17, 15) is 24.0 Å². The zero-order valence-electron chi connectivity index (χ0n) is 32.0. The fourth-order valence-corrected chi connectivity index (χ4v) is 5.23. The van der Waals surface area contributed by atoms with Crippen LogP contribution in [0.1, 0.15) is 77.6 Å². The van der Waals surface area contributed by atoms with Crippen LogP contribution < -0.4 is 32.3 Å². The van der Waals surface area contributed by atoms with Crippen LogP contribution in [-0.2, 0) is 42.9 Å². The van der Waals surface area contributed by atoms with Gasteiger partial charge in [0, 0.05) is 43.7 Å². The van der Waals surface area contributed by atoms with Crippen LogP contribution in [0.25, 0.3) is 0 Å². The van der Waals surface area contributed by atoms with Crippen molar-refractivity contribution >= 4 is 29.3 Å². The number of rotatable bonds is 38. The zero-order chi connectivity index (χ0) is 38.0. The topological polar surface area (TPSA) is 208 Å². The zero-order valence-corrected chi connectivity index (χ0v) is 32.0. The highest BCUT2D eigenvalue weighted by molar-refractivity contribution is 5.87.